The predicted octanol–water partition coefficient (Wildman–Crippen LogP) is 1.59. The molecule has 0 saturated carbocycles. The number of nitrogens with one attached hydrogen (secondary N) is 2. The minimum atomic E-state index is -0.0712. The van der Waals surface area contributed by atoms with Crippen molar-refractivity contribution in [2.45, 2.75) is 39.4 Å². The standard InChI is InChI=1S/C18H26N8O3/c1-9(2)26-17-15(24-25-26)16(22-18(23-17)21-7-10(3)19)20-8-11-5-13(28)14(29-4)6-12(11)27/h5-6,9-10,27-28H,7-8,19H2,1-4H3,(H2,20,21,22,23). The molecule has 0 saturated heterocycles. The van der Waals surface area contributed by atoms with E-state index in [1.165, 1.54) is 19.2 Å². The Bertz CT molecular complexity index is 1000. The minimum Gasteiger partial charge on any atom is -0.507 e. The van der Waals surface area contributed by atoms with E-state index in [0.29, 0.717) is 35.0 Å². The normalized spacial score (nSPS) is 12.3. The van der Waals surface area contributed by atoms with Crippen LogP contribution in [0.4, 0.5) is 11.8 Å². The molecule has 0 amide bonds. The summed E-state index contributed by atoms with van der Waals surface area (Å²) < 4.78 is 6.70. The highest BCUT2D eigenvalue weighted by Gasteiger charge is 2.17. The molecule has 1 atom stereocenters. The quantitative estimate of drug-likeness (QED) is 0.351. The van der Waals surface area contributed by atoms with Crippen LogP contribution in [0.1, 0.15) is 32.4 Å². The Morgan fingerprint density at radius 2 is 1.90 bits per heavy atom. The molecule has 0 aliphatic heterocycles. The molecule has 6 N–H and O–H groups in total. The van der Waals surface area contributed by atoms with Crippen LogP contribution in [0.5, 0.6) is 17.2 Å². The van der Waals surface area contributed by atoms with Gasteiger partial charge in [0.05, 0.1) is 13.2 Å². The molecule has 0 spiro atoms. The molecular weight excluding hydrogens is 376 g/mol. The number of aromatic hydroxyl groups is 2. The van der Waals surface area contributed by atoms with E-state index in [2.05, 4.69) is 30.9 Å². The monoisotopic (exact) mass is 402 g/mol. The molecule has 0 aliphatic rings. The Labute approximate surface area is 167 Å². The van der Waals surface area contributed by atoms with E-state index >= 15 is 0 Å². The zero-order valence-electron chi connectivity index (χ0n) is 16.8. The van der Waals surface area contributed by atoms with Crippen LogP contribution < -0.4 is 21.1 Å². The number of rotatable bonds is 8. The number of phenols is 2. The summed E-state index contributed by atoms with van der Waals surface area (Å²) in [6.07, 6.45) is 0. The predicted molar refractivity (Wildman–Crippen MR) is 109 cm³/mol. The Kier molecular flexibility index (Phi) is 5.87. The van der Waals surface area contributed by atoms with Gasteiger partial charge in [-0.3, -0.25) is 0 Å². The summed E-state index contributed by atoms with van der Waals surface area (Å²) in [4.78, 5) is 8.99. The summed E-state index contributed by atoms with van der Waals surface area (Å²) in [6, 6.07) is 2.77. The fraction of sp³-hybridized carbons (Fsp3) is 0.444. The number of nitrogens with zero attached hydrogens (tertiary/aromatic N) is 5. The Hall–Kier alpha value is -3.34. The average molecular weight is 402 g/mol. The van der Waals surface area contributed by atoms with Crippen molar-refractivity contribution >= 4 is 22.9 Å². The first-order valence-electron chi connectivity index (χ1n) is 9.25. The van der Waals surface area contributed by atoms with Crippen LogP contribution in [0, 0.1) is 0 Å². The van der Waals surface area contributed by atoms with Crippen molar-refractivity contribution in [3.8, 4) is 17.2 Å². The van der Waals surface area contributed by atoms with Gasteiger partial charge in [0.15, 0.2) is 28.5 Å². The van der Waals surface area contributed by atoms with Crippen LogP contribution in [0.15, 0.2) is 12.1 Å². The van der Waals surface area contributed by atoms with Crippen LogP contribution in [0.3, 0.4) is 0 Å². The maximum Gasteiger partial charge on any atom is 0.226 e. The van der Waals surface area contributed by atoms with Crippen LogP contribution >= 0.6 is 0 Å². The van der Waals surface area contributed by atoms with E-state index in [4.69, 9.17) is 10.5 Å². The number of methoxy groups -OCH3 is 1. The van der Waals surface area contributed by atoms with Gasteiger partial charge in [-0.15, -0.1) is 5.10 Å². The third-order valence-electron chi connectivity index (χ3n) is 4.22. The number of hydrogen-bond donors (Lipinski definition) is 5. The van der Waals surface area contributed by atoms with Gasteiger partial charge in [0.1, 0.15) is 5.75 Å². The molecule has 0 fully saturated rings. The maximum absolute atomic E-state index is 10.2. The molecule has 11 heteroatoms. The van der Waals surface area contributed by atoms with Gasteiger partial charge >= 0.3 is 0 Å². The summed E-state index contributed by atoms with van der Waals surface area (Å²) in [5, 5.41) is 34.8. The van der Waals surface area contributed by atoms with Gasteiger partial charge < -0.3 is 31.3 Å². The second-order valence-electron chi connectivity index (χ2n) is 7.06. The second-order valence-corrected chi connectivity index (χ2v) is 7.06. The molecule has 156 valence electrons. The van der Waals surface area contributed by atoms with Crippen LogP contribution in [0.25, 0.3) is 11.2 Å². The first kappa shape index (κ1) is 20.4. The third-order valence-corrected chi connectivity index (χ3v) is 4.22. The molecule has 2 heterocycles. The number of anilines is 2. The number of fused-ring (bicyclic) bond motifs is 1. The van der Waals surface area contributed by atoms with Gasteiger partial charge in [-0.25, -0.2) is 4.68 Å². The molecule has 0 radical (unpaired) electrons. The Morgan fingerprint density at radius 3 is 2.55 bits per heavy atom. The highest BCUT2D eigenvalue weighted by molar-refractivity contribution is 5.83. The maximum atomic E-state index is 10.2. The highest BCUT2D eigenvalue weighted by atomic mass is 16.5. The molecule has 3 rings (SSSR count). The topological polar surface area (TPSA) is 156 Å². The van der Waals surface area contributed by atoms with Crippen molar-refractivity contribution in [3.63, 3.8) is 0 Å². The fourth-order valence-corrected chi connectivity index (χ4v) is 2.72. The van der Waals surface area contributed by atoms with Crippen molar-refractivity contribution in [2.24, 2.45) is 5.73 Å². The zero-order valence-corrected chi connectivity index (χ0v) is 16.8. The summed E-state index contributed by atoms with van der Waals surface area (Å²) in [5.74, 6) is 0.948. The molecule has 3 aromatic rings. The lowest BCUT2D eigenvalue weighted by atomic mass is 10.1. The summed E-state index contributed by atoms with van der Waals surface area (Å²) in [7, 11) is 1.42. The van der Waals surface area contributed by atoms with E-state index in [9.17, 15) is 10.2 Å². The van der Waals surface area contributed by atoms with Crippen molar-refractivity contribution in [1.82, 2.24) is 25.0 Å². The molecule has 0 bridgehead atoms. The van der Waals surface area contributed by atoms with E-state index in [1.807, 2.05) is 20.8 Å². The molecule has 29 heavy (non-hydrogen) atoms. The fourth-order valence-electron chi connectivity index (χ4n) is 2.72. The molecule has 1 unspecified atom stereocenters. The molecule has 2 aromatic heterocycles. The first-order valence-corrected chi connectivity index (χ1v) is 9.25. The number of phenolic OH excluding ortho intramolecular Hbond substituents is 2. The molecule has 11 nitrogen and oxygen atoms in total. The van der Waals surface area contributed by atoms with E-state index < -0.39 is 0 Å². The van der Waals surface area contributed by atoms with Gasteiger partial charge in [0.2, 0.25) is 5.95 Å². The lowest BCUT2D eigenvalue weighted by Gasteiger charge is -2.13. The van der Waals surface area contributed by atoms with Gasteiger partial charge in [-0.2, -0.15) is 9.97 Å². The van der Waals surface area contributed by atoms with E-state index in [0.717, 1.165) is 0 Å². The van der Waals surface area contributed by atoms with Crippen molar-refractivity contribution in [1.29, 1.82) is 0 Å². The third kappa shape index (κ3) is 4.40. The number of nitrogens with two attached hydrogens (primary N) is 1. The zero-order chi connectivity index (χ0) is 21.1. The lowest BCUT2D eigenvalue weighted by molar-refractivity contribution is 0.367. The molecular formula is C18H26N8O3. The van der Waals surface area contributed by atoms with E-state index in [1.54, 1.807) is 4.68 Å². The largest absolute Gasteiger partial charge is 0.507 e. The van der Waals surface area contributed by atoms with E-state index in [-0.39, 0.29) is 35.9 Å². The molecule has 1 aromatic carbocycles. The minimum absolute atomic E-state index is 0.0152. The van der Waals surface area contributed by atoms with Gasteiger partial charge in [0, 0.05) is 30.8 Å². The van der Waals surface area contributed by atoms with Crippen LogP contribution in [0.2, 0.25) is 0 Å². The second kappa shape index (κ2) is 8.35. The van der Waals surface area contributed by atoms with Crippen LogP contribution in [-0.4, -0.2) is 54.9 Å². The Morgan fingerprint density at radius 1 is 1.14 bits per heavy atom. The molecule has 0 aliphatic carbocycles. The van der Waals surface area contributed by atoms with Gasteiger partial charge in [-0.1, -0.05) is 5.21 Å². The first-order chi connectivity index (χ1) is 13.8. The van der Waals surface area contributed by atoms with Crippen molar-refractivity contribution < 1.29 is 14.9 Å². The highest BCUT2D eigenvalue weighted by Crippen LogP contribution is 2.33. The van der Waals surface area contributed by atoms with Gasteiger partial charge in [0.25, 0.3) is 0 Å². The van der Waals surface area contributed by atoms with Crippen LogP contribution in [-0.2, 0) is 6.54 Å². The average Bonchev–Trinajstić information content (AvgIpc) is 3.10. The van der Waals surface area contributed by atoms with Crippen molar-refractivity contribution in [2.75, 3.05) is 24.3 Å². The summed E-state index contributed by atoms with van der Waals surface area (Å²) >= 11 is 0. The SMILES string of the molecule is COc1cc(O)c(CNc2nc(NCC(C)N)nc3c2nnn3C(C)C)cc1O. The smallest absolute Gasteiger partial charge is 0.226 e. The van der Waals surface area contributed by atoms with Crippen molar-refractivity contribution in [3.05, 3.63) is 17.7 Å². The number of ether oxygens (including phenoxy) is 1. The summed E-state index contributed by atoms with van der Waals surface area (Å²) in [6.45, 7) is 6.54. The number of aromatic nitrogens is 5. The van der Waals surface area contributed by atoms with Gasteiger partial charge in [-0.05, 0) is 26.8 Å². The number of benzene rings is 1. The number of hydrogen-bond acceptors (Lipinski definition) is 10. The Balaban J connectivity index is 1.94. The summed E-state index contributed by atoms with van der Waals surface area (Å²) in [5.41, 5.74) is 7.36. The lowest BCUT2D eigenvalue weighted by Crippen LogP contribution is -2.26.